The zero-order chi connectivity index (χ0) is 11.5. The van der Waals surface area contributed by atoms with Crippen LogP contribution in [0.25, 0.3) is 0 Å². The van der Waals surface area contributed by atoms with E-state index >= 15 is 0 Å². The highest BCUT2D eigenvalue weighted by atomic mass is 35.5. The molecule has 84 valence electrons. The highest BCUT2D eigenvalue weighted by molar-refractivity contribution is 6.31. The summed E-state index contributed by atoms with van der Waals surface area (Å²) < 4.78 is 9.84. The Kier molecular flexibility index (Phi) is 3.07. The lowest BCUT2D eigenvalue weighted by molar-refractivity contribution is 0.398. The van der Waals surface area contributed by atoms with E-state index in [1.54, 1.807) is 25.3 Å². The van der Waals surface area contributed by atoms with Crippen LogP contribution in [0.4, 0.5) is 0 Å². The fourth-order valence-electron chi connectivity index (χ4n) is 1.44. The van der Waals surface area contributed by atoms with E-state index in [1.807, 2.05) is 0 Å². The standard InChI is InChI=1S/C10H10ClN3O2/c1-15-7-4-2-3-6(11)8(7)9(12)10-13-5-16-14-10/h2-5,9H,12H2,1H3. The minimum absolute atomic E-state index is 0.367. The molecule has 1 aromatic carbocycles. The SMILES string of the molecule is COc1cccc(Cl)c1C(N)c1ncon1. The van der Waals surface area contributed by atoms with Crippen LogP contribution in [0.1, 0.15) is 17.4 Å². The van der Waals surface area contributed by atoms with E-state index in [9.17, 15) is 0 Å². The van der Waals surface area contributed by atoms with Gasteiger partial charge in [-0.15, -0.1) is 0 Å². The van der Waals surface area contributed by atoms with Gasteiger partial charge in [-0.3, -0.25) is 0 Å². The van der Waals surface area contributed by atoms with E-state index in [1.165, 1.54) is 6.39 Å². The Bertz CT molecular complexity index is 473. The quantitative estimate of drug-likeness (QED) is 0.884. The number of benzene rings is 1. The molecule has 0 aliphatic carbocycles. The molecule has 2 aromatic rings. The van der Waals surface area contributed by atoms with Crippen LogP contribution in [0, 0.1) is 0 Å². The summed E-state index contributed by atoms with van der Waals surface area (Å²) in [6.45, 7) is 0. The summed E-state index contributed by atoms with van der Waals surface area (Å²) in [6.07, 6.45) is 1.22. The van der Waals surface area contributed by atoms with Gasteiger partial charge < -0.3 is 15.0 Å². The summed E-state index contributed by atoms with van der Waals surface area (Å²) in [5.41, 5.74) is 6.63. The summed E-state index contributed by atoms with van der Waals surface area (Å²) in [5, 5.41) is 4.19. The third-order valence-electron chi connectivity index (χ3n) is 2.20. The van der Waals surface area contributed by atoms with Crippen LogP contribution in [-0.4, -0.2) is 17.3 Å². The molecule has 2 N–H and O–H groups in total. The topological polar surface area (TPSA) is 74.2 Å². The minimum Gasteiger partial charge on any atom is -0.496 e. The van der Waals surface area contributed by atoms with Crippen LogP contribution in [-0.2, 0) is 0 Å². The summed E-state index contributed by atoms with van der Waals surface area (Å²) >= 11 is 6.07. The summed E-state index contributed by atoms with van der Waals surface area (Å²) in [6, 6.07) is 4.73. The van der Waals surface area contributed by atoms with Crippen LogP contribution < -0.4 is 10.5 Å². The molecule has 0 spiro atoms. The van der Waals surface area contributed by atoms with Crippen molar-refractivity contribution in [3.8, 4) is 5.75 Å². The van der Waals surface area contributed by atoms with E-state index in [4.69, 9.17) is 22.1 Å². The van der Waals surface area contributed by atoms with E-state index in [0.717, 1.165) is 0 Å². The van der Waals surface area contributed by atoms with Gasteiger partial charge in [-0.05, 0) is 12.1 Å². The molecular formula is C10H10ClN3O2. The predicted octanol–water partition coefficient (Wildman–Crippen LogP) is 1.78. The summed E-state index contributed by atoms with van der Waals surface area (Å²) in [7, 11) is 1.55. The molecule has 0 radical (unpaired) electrons. The van der Waals surface area contributed by atoms with Crippen molar-refractivity contribution in [2.45, 2.75) is 6.04 Å². The third-order valence-corrected chi connectivity index (χ3v) is 2.53. The zero-order valence-electron chi connectivity index (χ0n) is 8.55. The molecule has 2 rings (SSSR count). The molecule has 0 amide bonds. The van der Waals surface area contributed by atoms with Crippen molar-refractivity contribution in [2.75, 3.05) is 7.11 Å². The zero-order valence-corrected chi connectivity index (χ0v) is 9.31. The summed E-state index contributed by atoms with van der Waals surface area (Å²) in [5.74, 6) is 0.969. The fraction of sp³-hybridized carbons (Fsp3) is 0.200. The van der Waals surface area contributed by atoms with Gasteiger partial charge in [0.05, 0.1) is 13.2 Å². The maximum atomic E-state index is 6.07. The van der Waals surface area contributed by atoms with E-state index in [2.05, 4.69) is 14.7 Å². The maximum Gasteiger partial charge on any atom is 0.213 e. The number of methoxy groups -OCH3 is 1. The molecule has 0 bridgehead atoms. The number of aromatic nitrogens is 2. The Balaban J connectivity index is 2.47. The van der Waals surface area contributed by atoms with Crippen LogP contribution in [0.2, 0.25) is 5.02 Å². The Morgan fingerprint density at radius 1 is 1.50 bits per heavy atom. The highest BCUT2D eigenvalue weighted by Crippen LogP contribution is 2.32. The lowest BCUT2D eigenvalue weighted by Gasteiger charge is -2.14. The van der Waals surface area contributed by atoms with E-state index < -0.39 is 6.04 Å². The van der Waals surface area contributed by atoms with Crippen molar-refractivity contribution in [2.24, 2.45) is 5.73 Å². The molecule has 1 aromatic heterocycles. The number of nitrogens with zero attached hydrogens (tertiary/aromatic N) is 2. The highest BCUT2D eigenvalue weighted by Gasteiger charge is 2.20. The molecule has 1 atom stereocenters. The van der Waals surface area contributed by atoms with Crippen LogP contribution in [0.3, 0.4) is 0 Å². The molecule has 0 fully saturated rings. The van der Waals surface area contributed by atoms with Gasteiger partial charge in [-0.25, -0.2) is 0 Å². The molecule has 1 unspecified atom stereocenters. The first-order valence-electron chi connectivity index (χ1n) is 4.58. The minimum atomic E-state index is -0.567. The predicted molar refractivity (Wildman–Crippen MR) is 58.3 cm³/mol. The normalized spacial score (nSPS) is 12.4. The van der Waals surface area contributed by atoms with Gasteiger partial charge in [0.25, 0.3) is 0 Å². The number of ether oxygens (including phenoxy) is 1. The van der Waals surface area contributed by atoms with Gasteiger partial charge in [0.15, 0.2) is 5.82 Å². The molecule has 6 heteroatoms. The van der Waals surface area contributed by atoms with Gasteiger partial charge in [0.2, 0.25) is 6.39 Å². The second-order valence-corrected chi connectivity index (χ2v) is 3.53. The molecule has 0 saturated carbocycles. The van der Waals surface area contributed by atoms with Crippen LogP contribution >= 0.6 is 11.6 Å². The van der Waals surface area contributed by atoms with E-state index in [0.29, 0.717) is 22.2 Å². The first-order valence-corrected chi connectivity index (χ1v) is 4.96. The number of halogens is 1. The smallest absolute Gasteiger partial charge is 0.213 e. The maximum absolute atomic E-state index is 6.07. The van der Waals surface area contributed by atoms with Gasteiger partial charge in [-0.2, -0.15) is 4.98 Å². The fourth-order valence-corrected chi connectivity index (χ4v) is 1.73. The van der Waals surface area contributed by atoms with Gasteiger partial charge in [0, 0.05) is 10.6 Å². The lowest BCUT2D eigenvalue weighted by Crippen LogP contribution is -2.15. The second-order valence-electron chi connectivity index (χ2n) is 3.12. The molecule has 1 heterocycles. The average Bonchev–Trinajstić information content (AvgIpc) is 2.81. The first-order chi connectivity index (χ1) is 7.74. The van der Waals surface area contributed by atoms with E-state index in [-0.39, 0.29) is 0 Å². The number of rotatable bonds is 3. The summed E-state index contributed by atoms with van der Waals surface area (Å²) in [4.78, 5) is 3.89. The van der Waals surface area contributed by atoms with Crippen molar-refractivity contribution < 1.29 is 9.26 Å². The van der Waals surface area contributed by atoms with Gasteiger partial charge in [-0.1, -0.05) is 22.8 Å². The monoisotopic (exact) mass is 239 g/mol. The van der Waals surface area contributed by atoms with Crippen molar-refractivity contribution in [3.63, 3.8) is 0 Å². The average molecular weight is 240 g/mol. The lowest BCUT2D eigenvalue weighted by atomic mass is 10.1. The number of hydrogen-bond donors (Lipinski definition) is 1. The van der Waals surface area contributed by atoms with Crippen LogP contribution in [0.5, 0.6) is 5.75 Å². The molecule has 0 saturated heterocycles. The molecule has 0 aliphatic heterocycles. The Labute approximate surface area is 97.2 Å². The Morgan fingerprint density at radius 2 is 2.31 bits per heavy atom. The first kappa shape index (κ1) is 10.9. The molecule has 16 heavy (non-hydrogen) atoms. The van der Waals surface area contributed by atoms with Crippen molar-refractivity contribution in [3.05, 3.63) is 41.0 Å². The second kappa shape index (κ2) is 4.51. The molecular weight excluding hydrogens is 230 g/mol. The van der Waals surface area contributed by atoms with Gasteiger partial charge in [0.1, 0.15) is 5.75 Å². The van der Waals surface area contributed by atoms with Crippen molar-refractivity contribution in [1.29, 1.82) is 0 Å². The Hall–Kier alpha value is -1.59. The van der Waals surface area contributed by atoms with Crippen molar-refractivity contribution >= 4 is 11.6 Å². The van der Waals surface area contributed by atoms with Crippen molar-refractivity contribution in [1.82, 2.24) is 10.1 Å². The molecule has 5 nitrogen and oxygen atoms in total. The van der Waals surface area contributed by atoms with Crippen LogP contribution in [0.15, 0.2) is 29.1 Å². The largest absolute Gasteiger partial charge is 0.496 e. The van der Waals surface area contributed by atoms with Gasteiger partial charge >= 0.3 is 0 Å². The third kappa shape index (κ3) is 1.87. The molecule has 0 aliphatic rings. The number of nitrogens with two attached hydrogens (primary N) is 1. The number of hydrogen-bond acceptors (Lipinski definition) is 5. The Morgan fingerprint density at radius 3 is 2.94 bits per heavy atom.